The van der Waals surface area contributed by atoms with Crippen LogP contribution in [0.3, 0.4) is 0 Å². The van der Waals surface area contributed by atoms with E-state index in [9.17, 15) is 9.59 Å². The third-order valence-electron chi connectivity index (χ3n) is 4.93. The summed E-state index contributed by atoms with van der Waals surface area (Å²) in [5, 5.41) is 6.11. The molecule has 2 saturated heterocycles. The first kappa shape index (κ1) is 23.5. The standard InChI is InChI=1S/C18H26N4O3.2ClH/c1-21-7-9-22(10-8-21)18(24)13-3-4-16(25-2)15(11-13)20-17(23)14-5-6-19-12-14;;/h3-4,11,14,19H,5-10,12H2,1-2H3,(H,20,23);2*1H. The minimum atomic E-state index is -0.0401. The largest absolute Gasteiger partial charge is 0.495 e. The molecule has 0 saturated carbocycles. The monoisotopic (exact) mass is 418 g/mol. The predicted octanol–water partition coefficient (Wildman–Crippen LogP) is 1.47. The van der Waals surface area contributed by atoms with E-state index < -0.39 is 0 Å². The molecule has 0 aromatic heterocycles. The summed E-state index contributed by atoms with van der Waals surface area (Å²) in [6.07, 6.45) is 0.827. The van der Waals surface area contributed by atoms with Gasteiger partial charge in [0.1, 0.15) is 5.75 Å². The van der Waals surface area contributed by atoms with E-state index in [1.54, 1.807) is 25.3 Å². The summed E-state index contributed by atoms with van der Waals surface area (Å²) in [5.74, 6) is 0.484. The van der Waals surface area contributed by atoms with E-state index in [1.807, 2.05) is 4.90 Å². The highest BCUT2D eigenvalue weighted by atomic mass is 35.5. The molecule has 152 valence electrons. The highest BCUT2D eigenvalue weighted by molar-refractivity contribution is 5.99. The van der Waals surface area contributed by atoms with E-state index in [0.29, 0.717) is 23.5 Å². The molecule has 2 amide bonds. The number of piperazine rings is 1. The van der Waals surface area contributed by atoms with Crippen LogP contribution >= 0.6 is 24.8 Å². The first-order chi connectivity index (χ1) is 12.1. The Balaban J connectivity index is 0.00000182. The molecule has 2 N–H and O–H groups in total. The molecule has 0 bridgehead atoms. The van der Waals surface area contributed by atoms with Crippen molar-refractivity contribution in [3.05, 3.63) is 23.8 Å². The third-order valence-corrected chi connectivity index (χ3v) is 4.93. The summed E-state index contributed by atoms with van der Waals surface area (Å²) in [7, 11) is 3.62. The normalized spacial score (nSPS) is 19.6. The Labute approximate surface area is 172 Å². The molecule has 1 aromatic rings. The molecule has 1 aromatic carbocycles. The van der Waals surface area contributed by atoms with Crippen LogP contribution in [0.4, 0.5) is 5.69 Å². The zero-order valence-corrected chi connectivity index (χ0v) is 17.3. The van der Waals surface area contributed by atoms with Gasteiger partial charge in [-0.15, -0.1) is 24.8 Å². The number of amides is 2. The Kier molecular flexibility index (Phi) is 9.32. The maximum atomic E-state index is 12.7. The molecule has 3 rings (SSSR count). The Morgan fingerprint density at radius 1 is 1.19 bits per heavy atom. The zero-order valence-electron chi connectivity index (χ0n) is 15.7. The number of nitrogens with zero attached hydrogens (tertiary/aromatic N) is 2. The van der Waals surface area contributed by atoms with Crippen LogP contribution in [0.1, 0.15) is 16.8 Å². The number of benzene rings is 1. The Morgan fingerprint density at radius 3 is 2.48 bits per heavy atom. The van der Waals surface area contributed by atoms with Crippen LogP contribution < -0.4 is 15.4 Å². The summed E-state index contributed by atoms with van der Waals surface area (Å²) in [5.41, 5.74) is 1.13. The minimum absolute atomic E-state index is 0. The van der Waals surface area contributed by atoms with Crippen molar-refractivity contribution in [1.29, 1.82) is 0 Å². The van der Waals surface area contributed by atoms with Crippen LogP contribution in [0.2, 0.25) is 0 Å². The van der Waals surface area contributed by atoms with Gasteiger partial charge in [0.25, 0.3) is 5.91 Å². The molecule has 27 heavy (non-hydrogen) atoms. The molecule has 2 aliphatic heterocycles. The molecular weight excluding hydrogens is 391 g/mol. The predicted molar refractivity (Wildman–Crippen MR) is 110 cm³/mol. The Hall–Kier alpha value is -1.54. The van der Waals surface area contributed by atoms with Crippen molar-refractivity contribution < 1.29 is 14.3 Å². The molecule has 1 atom stereocenters. The summed E-state index contributed by atoms with van der Waals surface area (Å²) >= 11 is 0. The van der Waals surface area contributed by atoms with Crippen molar-refractivity contribution in [2.45, 2.75) is 6.42 Å². The quantitative estimate of drug-likeness (QED) is 0.774. The molecule has 7 nitrogen and oxygen atoms in total. The number of nitrogens with one attached hydrogen (secondary N) is 2. The SMILES string of the molecule is COc1ccc(C(=O)N2CCN(C)CC2)cc1NC(=O)C1CCNC1.Cl.Cl. The fourth-order valence-electron chi connectivity index (χ4n) is 3.24. The van der Waals surface area contributed by atoms with Crippen molar-refractivity contribution in [3.8, 4) is 5.75 Å². The van der Waals surface area contributed by atoms with Crippen LogP contribution in [0.25, 0.3) is 0 Å². The van der Waals surface area contributed by atoms with Crippen molar-refractivity contribution in [2.24, 2.45) is 5.92 Å². The van der Waals surface area contributed by atoms with Crippen LogP contribution in [0.15, 0.2) is 18.2 Å². The van der Waals surface area contributed by atoms with Gasteiger partial charge >= 0.3 is 0 Å². The van der Waals surface area contributed by atoms with Gasteiger partial charge in [0.05, 0.1) is 18.7 Å². The Morgan fingerprint density at radius 2 is 1.89 bits per heavy atom. The van der Waals surface area contributed by atoms with Crippen LogP contribution in [0.5, 0.6) is 5.75 Å². The van der Waals surface area contributed by atoms with E-state index >= 15 is 0 Å². The maximum absolute atomic E-state index is 12.7. The van der Waals surface area contributed by atoms with E-state index in [1.165, 1.54) is 0 Å². The Bertz CT molecular complexity index is 645. The number of carbonyl (C=O) groups is 2. The lowest BCUT2D eigenvalue weighted by atomic mass is 10.1. The number of methoxy groups -OCH3 is 1. The van der Waals surface area contributed by atoms with Crippen molar-refractivity contribution in [3.63, 3.8) is 0 Å². The summed E-state index contributed by atoms with van der Waals surface area (Å²) in [4.78, 5) is 29.2. The highest BCUT2D eigenvalue weighted by Crippen LogP contribution is 2.27. The lowest BCUT2D eigenvalue weighted by Crippen LogP contribution is -2.47. The molecule has 1 unspecified atom stereocenters. The number of carbonyl (C=O) groups excluding carboxylic acids is 2. The van der Waals surface area contributed by atoms with Crippen LogP contribution in [-0.4, -0.2) is 75.0 Å². The molecule has 0 spiro atoms. The smallest absolute Gasteiger partial charge is 0.254 e. The van der Waals surface area contributed by atoms with E-state index in [0.717, 1.165) is 39.1 Å². The molecule has 2 fully saturated rings. The van der Waals surface area contributed by atoms with Gasteiger partial charge in [0.2, 0.25) is 5.91 Å². The van der Waals surface area contributed by atoms with Crippen molar-refractivity contribution >= 4 is 42.3 Å². The number of anilines is 1. The number of likely N-dealkylation sites (N-methyl/N-ethyl adjacent to an activating group) is 1. The minimum Gasteiger partial charge on any atom is -0.495 e. The fraction of sp³-hybridized carbons (Fsp3) is 0.556. The molecular formula is C18H28Cl2N4O3. The first-order valence-electron chi connectivity index (χ1n) is 8.76. The zero-order chi connectivity index (χ0) is 17.8. The maximum Gasteiger partial charge on any atom is 0.254 e. The average molecular weight is 419 g/mol. The number of hydrogen-bond donors (Lipinski definition) is 2. The molecule has 2 heterocycles. The van der Waals surface area contributed by atoms with Crippen LogP contribution in [0, 0.1) is 5.92 Å². The van der Waals surface area contributed by atoms with Crippen molar-refractivity contribution in [1.82, 2.24) is 15.1 Å². The second kappa shape index (κ2) is 10.7. The number of rotatable bonds is 4. The highest BCUT2D eigenvalue weighted by Gasteiger charge is 2.25. The summed E-state index contributed by atoms with van der Waals surface area (Å²) < 4.78 is 5.34. The van der Waals surface area contributed by atoms with Gasteiger partial charge in [0.15, 0.2) is 0 Å². The van der Waals surface area contributed by atoms with Crippen LogP contribution in [-0.2, 0) is 4.79 Å². The average Bonchev–Trinajstić information content (AvgIpc) is 3.16. The fourth-order valence-corrected chi connectivity index (χ4v) is 3.24. The number of halogens is 2. The van der Waals surface area contributed by atoms with E-state index in [4.69, 9.17) is 4.74 Å². The molecule has 0 aliphatic carbocycles. The molecule has 2 aliphatic rings. The lowest BCUT2D eigenvalue weighted by molar-refractivity contribution is -0.119. The van der Waals surface area contributed by atoms with Gasteiger partial charge in [-0.3, -0.25) is 9.59 Å². The second-order valence-electron chi connectivity index (χ2n) is 6.69. The summed E-state index contributed by atoms with van der Waals surface area (Å²) in [6, 6.07) is 5.22. The second-order valence-corrected chi connectivity index (χ2v) is 6.69. The third kappa shape index (κ3) is 5.72. The van der Waals surface area contributed by atoms with Gasteiger partial charge in [-0.1, -0.05) is 0 Å². The van der Waals surface area contributed by atoms with Crippen molar-refractivity contribution in [2.75, 3.05) is 58.7 Å². The van der Waals surface area contributed by atoms with E-state index in [2.05, 4.69) is 22.6 Å². The first-order valence-corrected chi connectivity index (χ1v) is 8.76. The summed E-state index contributed by atoms with van der Waals surface area (Å²) in [6.45, 7) is 4.74. The van der Waals surface area contributed by atoms with Gasteiger partial charge in [-0.05, 0) is 38.2 Å². The van der Waals surface area contributed by atoms with Gasteiger partial charge in [0, 0.05) is 38.3 Å². The lowest BCUT2D eigenvalue weighted by Gasteiger charge is -2.32. The molecule has 0 radical (unpaired) electrons. The number of ether oxygens (including phenoxy) is 1. The number of hydrogen-bond acceptors (Lipinski definition) is 5. The van der Waals surface area contributed by atoms with Gasteiger partial charge in [-0.25, -0.2) is 0 Å². The van der Waals surface area contributed by atoms with E-state index in [-0.39, 0.29) is 42.5 Å². The van der Waals surface area contributed by atoms with Gasteiger partial charge < -0.3 is 25.2 Å². The van der Waals surface area contributed by atoms with Gasteiger partial charge in [-0.2, -0.15) is 0 Å². The topological polar surface area (TPSA) is 73.9 Å². The molecule has 9 heteroatoms.